The normalized spacial score (nSPS) is 47.8. The molecule has 1 saturated heterocycles. The van der Waals surface area contributed by atoms with Gasteiger partial charge in [0, 0.05) is 23.7 Å². The van der Waals surface area contributed by atoms with Crippen molar-refractivity contribution in [2.45, 2.75) is 26.1 Å². The van der Waals surface area contributed by atoms with E-state index in [9.17, 15) is 4.79 Å². The summed E-state index contributed by atoms with van der Waals surface area (Å²) in [6.07, 6.45) is 6.95. The highest BCUT2D eigenvalue weighted by Crippen LogP contribution is 2.63. The first-order valence-corrected chi connectivity index (χ1v) is 6.75. The Morgan fingerprint density at radius 1 is 1.28 bits per heavy atom. The molecule has 1 aliphatic heterocycles. The van der Waals surface area contributed by atoms with Gasteiger partial charge in [0.1, 0.15) is 0 Å². The van der Waals surface area contributed by atoms with Gasteiger partial charge in [-0.25, -0.2) is 0 Å². The second-order valence-corrected chi connectivity index (χ2v) is 6.37. The first-order chi connectivity index (χ1) is 8.56. The van der Waals surface area contributed by atoms with Gasteiger partial charge in [-0.3, -0.25) is 4.79 Å². The van der Waals surface area contributed by atoms with Crippen molar-refractivity contribution in [1.82, 2.24) is 0 Å². The van der Waals surface area contributed by atoms with Crippen LogP contribution in [0.4, 0.5) is 0 Å². The number of rotatable bonds is 0. The van der Waals surface area contributed by atoms with Crippen molar-refractivity contribution in [3.05, 3.63) is 23.8 Å². The first kappa shape index (κ1) is 10.9. The monoisotopic (exact) mass is 246 g/mol. The fourth-order valence-corrected chi connectivity index (χ4v) is 4.88. The van der Waals surface area contributed by atoms with Crippen molar-refractivity contribution in [1.29, 1.82) is 0 Å². The second kappa shape index (κ2) is 3.14. The maximum absolute atomic E-state index is 12.1. The van der Waals surface area contributed by atoms with Crippen molar-refractivity contribution in [2.24, 2.45) is 23.2 Å². The van der Waals surface area contributed by atoms with Crippen molar-refractivity contribution >= 4 is 5.78 Å². The van der Waals surface area contributed by atoms with E-state index in [0.29, 0.717) is 13.2 Å². The minimum Gasteiger partial charge on any atom is -0.347 e. The number of allylic oxidation sites excluding steroid dienone is 3. The van der Waals surface area contributed by atoms with Gasteiger partial charge in [-0.2, -0.15) is 0 Å². The molecule has 1 saturated carbocycles. The molecule has 5 rings (SSSR count). The van der Waals surface area contributed by atoms with E-state index in [1.807, 2.05) is 0 Å². The summed E-state index contributed by atoms with van der Waals surface area (Å²) in [4.78, 5) is 12.1. The lowest BCUT2D eigenvalue weighted by Crippen LogP contribution is -2.59. The van der Waals surface area contributed by atoms with E-state index in [0.717, 1.165) is 6.42 Å². The molecule has 0 N–H and O–H groups in total. The van der Waals surface area contributed by atoms with Crippen LogP contribution in [-0.4, -0.2) is 24.8 Å². The first-order valence-electron chi connectivity index (χ1n) is 6.75. The second-order valence-electron chi connectivity index (χ2n) is 6.37. The molecule has 0 aromatic carbocycles. The summed E-state index contributed by atoms with van der Waals surface area (Å²) < 4.78 is 12.0. The van der Waals surface area contributed by atoms with E-state index in [-0.39, 0.29) is 29.0 Å². The summed E-state index contributed by atoms with van der Waals surface area (Å²) in [5, 5.41) is 0. The largest absolute Gasteiger partial charge is 0.347 e. The van der Waals surface area contributed by atoms with Crippen molar-refractivity contribution < 1.29 is 14.3 Å². The maximum Gasteiger partial charge on any atom is 0.176 e. The Morgan fingerprint density at radius 3 is 2.72 bits per heavy atom. The van der Waals surface area contributed by atoms with Crippen molar-refractivity contribution in [3.63, 3.8) is 0 Å². The number of hydrogen-bond donors (Lipinski definition) is 0. The van der Waals surface area contributed by atoms with Crippen LogP contribution < -0.4 is 0 Å². The molecule has 1 spiro atoms. The smallest absolute Gasteiger partial charge is 0.176 e. The molecular formula is C15H18O3. The van der Waals surface area contributed by atoms with Crippen LogP contribution in [0.1, 0.15) is 20.3 Å². The third kappa shape index (κ3) is 1.10. The molecule has 4 aliphatic carbocycles. The van der Waals surface area contributed by atoms with Crippen LogP contribution in [-0.2, 0) is 14.3 Å². The van der Waals surface area contributed by atoms with Crippen LogP contribution in [0, 0.1) is 23.2 Å². The maximum atomic E-state index is 12.1. The molecule has 96 valence electrons. The summed E-state index contributed by atoms with van der Waals surface area (Å²) in [7, 11) is 0. The third-order valence-electron chi connectivity index (χ3n) is 5.19. The van der Waals surface area contributed by atoms with E-state index in [1.165, 1.54) is 5.57 Å². The lowest BCUT2D eigenvalue weighted by atomic mass is 9.51. The van der Waals surface area contributed by atoms with E-state index in [2.05, 4.69) is 26.0 Å². The molecule has 3 nitrogen and oxygen atoms in total. The molecule has 2 fully saturated rings. The summed E-state index contributed by atoms with van der Waals surface area (Å²) in [5.41, 5.74) is 1.21. The Labute approximate surface area is 107 Å². The van der Waals surface area contributed by atoms with Gasteiger partial charge in [-0.1, -0.05) is 24.6 Å². The van der Waals surface area contributed by atoms with Gasteiger partial charge in [0.15, 0.2) is 11.6 Å². The predicted molar refractivity (Wildman–Crippen MR) is 65.7 cm³/mol. The molecule has 0 radical (unpaired) electrons. The third-order valence-corrected chi connectivity index (χ3v) is 5.19. The lowest BCUT2D eigenvalue weighted by Gasteiger charge is -2.57. The van der Waals surface area contributed by atoms with Gasteiger partial charge in [-0.05, 0) is 18.9 Å². The minimum absolute atomic E-state index is 0.102. The molecule has 0 unspecified atom stereocenters. The molecule has 0 amide bonds. The Kier molecular flexibility index (Phi) is 1.91. The molecule has 3 heteroatoms. The molecule has 4 atom stereocenters. The highest BCUT2D eigenvalue weighted by molar-refractivity contribution is 5.96. The SMILES string of the molecule is CC1=C[C@@]2(C)CC3(OCCO3)[C@@H]1[C@H]1C=CC(=O)[C@H]12. The van der Waals surface area contributed by atoms with Gasteiger partial charge in [0.25, 0.3) is 0 Å². The summed E-state index contributed by atoms with van der Waals surface area (Å²) in [5.74, 6) is 0.395. The summed E-state index contributed by atoms with van der Waals surface area (Å²) in [6.45, 7) is 5.69. The predicted octanol–water partition coefficient (Wildman–Crippen LogP) is 2.09. The van der Waals surface area contributed by atoms with Gasteiger partial charge < -0.3 is 9.47 Å². The van der Waals surface area contributed by atoms with Crippen molar-refractivity contribution in [3.8, 4) is 0 Å². The highest BCUT2D eigenvalue weighted by Gasteiger charge is 2.65. The molecular weight excluding hydrogens is 228 g/mol. The number of ether oxygens (including phenoxy) is 2. The van der Waals surface area contributed by atoms with E-state index in [1.54, 1.807) is 6.08 Å². The quantitative estimate of drug-likeness (QED) is 0.614. The fraction of sp³-hybridized carbons (Fsp3) is 0.667. The average molecular weight is 246 g/mol. The van der Waals surface area contributed by atoms with Gasteiger partial charge in [0.2, 0.25) is 0 Å². The van der Waals surface area contributed by atoms with Gasteiger partial charge >= 0.3 is 0 Å². The number of carbonyl (C=O) groups is 1. The molecule has 18 heavy (non-hydrogen) atoms. The summed E-state index contributed by atoms with van der Waals surface area (Å²) >= 11 is 0. The zero-order valence-electron chi connectivity index (χ0n) is 10.8. The lowest BCUT2D eigenvalue weighted by molar-refractivity contribution is -0.245. The van der Waals surface area contributed by atoms with E-state index >= 15 is 0 Å². The van der Waals surface area contributed by atoms with Crippen LogP contribution in [0.25, 0.3) is 0 Å². The van der Waals surface area contributed by atoms with Crippen LogP contribution in [0.15, 0.2) is 23.8 Å². The highest BCUT2D eigenvalue weighted by atomic mass is 16.7. The zero-order chi connectivity index (χ0) is 12.5. The molecule has 0 aromatic heterocycles. The molecule has 2 bridgehead atoms. The van der Waals surface area contributed by atoms with E-state index < -0.39 is 5.79 Å². The minimum atomic E-state index is -0.469. The molecule has 1 heterocycles. The Bertz CT molecular complexity index is 484. The van der Waals surface area contributed by atoms with Crippen LogP contribution >= 0.6 is 0 Å². The van der Waals surface area contributed by atoms with Gasteiger partial charge in [-0.15, -0.1) is 0 Å². The van der Waals surface area contributed by atoms with Crippen LogP contribution in [0.3, 0.4) is 0 Å². The number of carbonyl (C=O) groups excluding carboxylic acids is 1. The average Bonchev–Trinajstić information content (AvgIpc) is 2.86. The summed E-state index contributed by atoms with van der Waals surface area (Å²) in [6, 6.07) is 0. The van der Waals surface area contributed by atoms with Crippen molar-refractivity contribution in [2.75, 3.05) is 13.2 Å². The number of hydrogen-bond acceptors (Lipinski definition) is 3. The molecule has 5 aliphatic rings. The zero-order valence-corrected chi connectivity index (χ0v) is 10.8. The number of ketones is 1. The Hall–Kier alpha value is -0.930. The Balaban J connectivity index is 1.88. The van der Waals surface area contributed by atoms with Crippen LogP contribution in [0.2, 0.25) is 0 Å². The fourth-order valence-electron chi connectivity index (χ4n) is 4.88. The molecule has 0 aromatic rings. The van der Waals surface area contributed by atoms with Gasteiger partial charge in [0.05, 0.1) is 13.2 Å². The topological polar surface area (TPSA) is 35.5 Å². The van der Waals surface area contributed by atoms with E-state index in [4.69, 9.17) is 9.47 Å². The standard InChI is InChI=1S/C15H18O3/c1-9-7-14(2)8-15(17-5-6-18-15)12(9)10-3-4-11(16)13(10)14/h3-4,7,10,12-13H,5-6,8H2,1-2H3/t10-,12+,13+,14+/m1/s1. The Morgan fingerprint density at radius 2 is 2.00 bits per heavy atom. The van der Waals surface area contributed by atoms with Crippen LogP contribution in [0.5, 0.6) is 0 Å².